The van der Waals surface area contributed by atoms with Crippen LogP contribution in [-0.4, -0.2) is 49.8 Å². The van der Waals surface area contributed by atoms with Gasteiger partial charge in [-0.1, -0.05) is 390 Å². The Labute approximate surface area is 929 Å². The van der Waals surface area contributed by atoms with Crippen LogP contribution in [0.2, 0.25) is 0 Å². The SMILES string of the molecule is Brc1ccc(-c2ccc(-c3ccccn3)nc2-c2ccc(Br)c3ccccc23)cc1.Brc1ccc(-c2ccc(-c3ccccn3)nc2-c2cccc3c(Br)cccc23)cc1.Brc1ccc(-c2ccc(-c3ccccn3)nc2-c2ccccc2Br)cc1.Brc1ccc(-c2nc(-c3ccccn3)ccc2-c2ccc(Br)c3ccccc23)cc1.Brc1ccc(-c2nc(-c3ccccn3)ccc2-c2cccc3c(Br)cccc23)cc1. The third-order valence-corrected chi connectivity index (χ3v) is 30.6. The lowest BCUT2D eigenvalue weighted by Gasteiger charge is -2.14. The minimum Gasteiger partial charge on any atom is -0.255 e. The van der Waals surface area contributed by atoms with Gasteiger partial charge >= 0.3 is 0 Å². The third kappa shape index (κ3) is 23.0. The molecule has 0 aliphatic heterocycles. The molecule has 0 aliphatic rings. The van der Waals surface area contributed by atoms with E-state index in [0.717, 1.165) is 224 Å². The van der Waals surface area contributed by atoms with Crippen LogP contribution >= 0.6 is 159 Å². The number of hydrogen-bond acceptors (Lipinski definition) is 10. The van der Waals surface area contributed by atoms with Crippen molar-refractivity contribution in [3.05, 3.63) is 519 Å². The highest BCUT2D eigenvalue weighted by Gasteiger charge is 2.23. The van der Waals surface area contributed by atoms with Crippen LogP contribution in [0.25, 0.3) is 212 Å². The van der Waals surface area contributed by atoms with Crippen LogP contribution in [0.15, 0.2) is 519 Å². The molecule has 14 aromatic carbocycles. The molecule has 0 unspecified atom stereocenters. The van der Waals surface area contributed by atoms with E-state index < -0.39 is 0 Å². The molecule has 10 nitrogen and oxygen atoms in total. The molecule has 0 radical (unpaired) electrons. The van der Waals surface area contributed by atoms with Crippen molar-refractivity contribution in [2.45, 2.75) is 0 Å². The molecule has 0 fully saturated rings. The maximum absolute atomic E-state index is 5.10. The molecule has 0 saturated heterocycles. The van der Waals surface area contributed by atoms with Gasteiger partial charge in [-0.25, -0.2) is 24.9 Å². The lowest BCUT2D eigenvalue weighted by molar-refractivity contribution is 1.25. The molecule has 0 bridgehead atoms. The highest BCUT2D eigenvalue weighted by atomic mass is 79.9. The summed E-state index contributed by atoms with van der Waals surface area (Å²) in [5, 5.41) is 9.42. The minimum absolute atomic E-state index is 0.859. The summed E-state index contributed by atoms with van der Waals surface area (Å²) >= 11 is 36.1. The van der Waals surface area contributed by atoms with Crippen molar-refractivity contribution < 1.29 is 0 Å². The summed E-state index contributed by atoms with van der Waals surface area (Å²) in [5.41, 5.74) is 29.9. The Bertz CT molecular complexity index is 8480. The Hall–Kier alpha value is -13.6. The lowest BCUT2D eigenvalue weighted by Crippen LogP contribution is -1.95. The van der Waals surface area contributed by atoms with Gasteiger partial charge in [-0.3, -0.25) is 24.9 Å². The molecule has 0 amide bonds. The van der Waals surface area contributed by atoms with Gasteiger partial charge in [0, 0.05) is 131 Å². The monoisotopic (exact) mass is 2520 g/mol. The highest BCUT2D eigenvalue weighted by Crippen LogP contribution is 2.47. The maximum atomic E-state index is 5.10. The van der Waals surface area contributed by atoms with Gasteiger partial charge in [-0.2, -0.15) is 0 Å². The second kappa shape index (κ2) is 46.9. The van der Waals surface area contributed by atoms with Crippen molar-refractivity contribution in [1.29, 1.82) is 0 Å². The fraction of sp³-hybridized carbons (Fsp3) is 0. The van der Waals surface area contributed by atoms with Crippen LogP contribution in [0.1, 0.15) is 0 Å². The molecular weight excluding hydrogens is 2450 g/mol. The first-order valence-electron chi connectivity index (χ1n) is 46.4. The summed E-state index contributed by atoms with van der Waals surface area (Å²) in [6.07, 6.45) is 8.99. The summed E-state index contributed by atoms with van der Waals surface area (Å²) in [7, 11) is 0. The second-order valence-electron chi connectivity index (χ2n) is 33.6. The van der Waals surface area contributed by atoms with E-state index in [2.05, 4.69) is 463 Å². The van der Waals surface area contributed by atoms with E-state index in [4.69, 9.17) is 24.9 Å². The van der Waals surface area contributed by atoms with Gasteiger partial charge in [0.15, 0.2) is 0 Å². The molecule has 146 heavy (non-hydrogen) atoms. The number of aromatic nitrogens is 10. The standard InChI is InChI=1S/4C26H16Br2N2.C22H14Br2N2/c27-18-12-10-17(11-13-18)19-14-15-25(24-9-1-2-16-29-24)30-26(19)22-7-3-6-21-20(22)5-4-8-23(21)28;27-18-12-10-17(11-13-18)26-22(14-15-25(30-26)24-9-1-2-16-29-24)20-5-3-7-21-19(20)6-4-8-23(21)28;27-18-10-8-17(9-11-18)19-13-15-25(24-7-3-4-16-29-24)30-26(19)22-12-14-23(28)21-6-2-1-5-20(21)22;27-18-10-8-17(9-11-18)26-22(13-15-25(30-26)24-7-3-4-16-29-24)20-12-14-23(28)21-6-2-1-5-19(20)21;23-16-10-8-15(9-11-16)17-12-13-21(20-7-3-4-14-25-20)26-22(17)18-5-1-2-6-19(18)24/h4*1-16H;1-14H. The summed E-state index contributed by atoms with van der Waals surface area (Å²) in [6, 6.07) is 151. The van der Waals surface area contributed by atoms with Crippen molar-refractivity contribution in [3.63, 3.8) is 0 Å². The second-order valence-corrected chi connectivity index (χ2v) is 42.5. The Morgan fingerprint density at radius 3 is 0.658 bits per heavy atom. The molecule has 702 valence electrons. The van der Waals surface area contributed by atoms with Gasteiger partial charge in [0.1, 0.15) is 0 Å². The van der Waals surface area contributed by atoms with Crippen molar-refractivity contribution in [3.8, 4) is 169 Å². The first-order valence-corrected chi connectivity index (χ1v) is 54.3. The van der Waals surface area contributed by atoms with Gasteiger partial charge < -0.3 is 0 Å². The van der Waals surface area contributed by atoms with Crippen molar-refractivity contribution in [2.24, 2.45) is 0 Å². The van der Waals surface area contributed by atoms with Crippen LogP contribution in [0.5, 0.6) is 0 Å². The molecule has 24 aromatic rings. The first-order chi connectivity index (χ1) is 71.5. The van der Waals surface area contributed by atoms with Gasteiger partial charge in [0.2, 0.25) is 0 Å². The Balaban J connectivity index is 0.000000111. The zero-order valence-electron chi connectivity index (χ0n) is 77.3. The van der Waals surface area contributed by atoms with Gasteiger partial charge in [0.05, 0.1) is 85.4 Å². The van der Waals surface area contributed by atoms with E-state index in [1.165, 1.54) is 32.3 Å². The average Bonchev–Trinajstić information content (AvgIpc) is 0.772. The van der Waals surface area contributed by atoms with E-state index in [-0.39, 0.29) is 0 Å². The van der Waals surface area contributed by atoms with Gasteiger partial charge in [-0.05, 0) is 283 Å². The van der Waals surface area contributed by atoms with Crippen molar-refractivity contribution in [1.82, 2.24) is 49.8 Å². The summed E-state index contributed by atoms with van der Waals surface area (Å²) < 4.78 is 10.6. The summed E-state index contributed by atoms with van der Waals surface area (Å²) in [4.78, 5) is 47.7. The number of halogens is 10. The maximum Gasteiger partial charge on any atom is 0.0894 e. The Morgan fingerprint density at radius 2 is 0.329 bits per heavy atom. The first kappa shape index (κ1) is 99.7. The molecule has 0 atom stereocenters. The van der Waals surface area contributed by atoms with E-state index in [1.54, 1.807) is 31.0 Å². The zero-order valence-corrected chi connectivity index (χ0v) is 93.1. The highest BCUT2D eigenvalue weighted by molar-refractivity contribution is 9.12. The van der Waals surface area contributed by atoms with E-state index in [1.807, 2.05) is 164 Å². The predicted molar refractivity (Wildman–Crippen MR) is 639 cm³/mol. The molecule has 10 heterocycles. The van der Waals surface area contributed by atoms with Crippen LogP contribution in [0.4, 0.5) is 0 Å². The molecule has 0 saturated carbocycles. The van der Waals surface area contributed by atoms with Gasteiger partial charge in [-0.15, -0.1) is 0 Å². The Kier molecular flexibility index (Phi) is 32.0. The van der Waals surface area contributed by atoms with Crippen LogP contribution in [-0.2, 0) is 0 Å². The van der Waals surface area contributed by atoms with Crippen molar-refractivity contribution >= 4 is 202 Å². The molecular formula is C126H78Br10N10. The quantitative estimate of drug-likeness (QED) is 0.0978. The Morgan fingerprint density at radius 1 is 0.116 bits per heavy atom. The summed E-state index contributed by atoms with van der Waals surface area (Å²) in [6.45, 7) is 0. The third-order valence-electron chi connectivity index (χ3n) is 24.5. The number of nitrogens with zero attached hydrogens (tertiary/aromatic N) is 10. The smallest absolute Gasteiger partial charge is 0.0894 e. The van der Waals surface area contributed by atoms with E-state index >= 15 is 0 Å². The van der Waals surface area contributed by atoms with Crippen LogP contribution in [0.3, 0.4) is 0 Å². The molecule has 0 aliphatic carbocycles. The molecule has 0 N–H and O–H groups in total. The van der Waals surface area contributed by atoms with E-state index in [9.17, 15) is 0 Å². The van der Waals surface area contributed by atoms with Crippen LogP contribution in [0, 0.1) is 0 Å². The van der Waals surface area contributed by atoms with E-state index in [0.29, 0.717) is 0 Å². The number of pyridine rings is 10. The summed E-state index contributed by atoms with van der Waals surface area (Å²) in [5.74, 6) is 0. The minimum atomic E-state index is 0.859. The molecule has 10 aromatic heterocycles. The zero-order chi connectivity index (χ0) is 99.9. The number of hydrogen-bond donors (Lipinski definition) is 0. The predicted octanol–water partition coefficient (Wildman–Crippen LogP) is 39.6. The normalized spacial score (nSPS) is 10.9. The molecule has 0 spiro atoms. The average molecular weight is 2530 g/mol. The lowest BCUT2D eigenvalue weighted by atomic mass is 9.94. The number of fused-ring (bicyclic) bond motifs is 4. The topological polar surface area (TPSA) is 129 Å². The van der Waals surface area contributed by atoms with Crippen molar-refractivity contribution in [2.75, 3.05) is 0 Å². The number of benzene rings is 14. The molecule has 20 heteroatoms. The fourth-order valence-electron chi connectivity index (χ4n) is 17.5. The molecule has 24 rings (SSSR count). The number of rotatable bonds is 15. The fourth-order valence-corrected chi connectivity index (χ4v) is 21.2. The van der Waals surface area contributed by atoms with Crippen LogP contribution < -0.4 is 0 Å². The van der Waals surface area contributed by atoms with Gasteiger partial charge in [0.25, 0.3) is 0 Å². The largest absolute Gasteiger partial charge is 0.255 e.